The van der Waals surface area contributed by atoms with Crippen molar-refractivity contribution in [1.82, 2.24) is 5.32 Å². The summed E-state index contributed by atoms with van der Waals surface area (Å²) in [5.41, 5.74) is 0.759. The minimum atomic E-state index is -1.06. The van der Waals surface area contributed by atoms with Crippen molar-refractivity contribution < 1.29 is 24.5 Å². The van der Waals surface area contributed by atoms with Crippen LogP contribution in [0, 0.1) is 0 Å². The van der Waals surface area contributed by atoms with E-state index in [1.807, 2.05) is 12.1 Å². The summed E-state index contributed by atoms with van der Waals surface area (Å²) in [5, 5.41) is 21.2. The quantitative estimate of drug-likeness (QED) is 0.640. The molecule has 0 spiro atoms. The first-order valence-electron chi connectivity index (χ1n) is 8.14. The summed E-state index contributed by atoms with van der Waals surface area (Å²) < 4.78 is 11.2. The first-order valence-corrected chi connectivity index (χ1v) is 8.14. The van der Waals surface area contributed by atoms with Crippen LogP contribution in [0.4, 0.5) is 4.79 Å². The molecule has 128 valence electrons. The molecule has 0 aliphatic carbocycles. The number of para-hydroxylation sites is 1. The van der Waals surface area contributed by atoms with Gasteiger partial charge in [0.15, 0.2) is 6.29 Å². The fourth-order valence-corrected chi connectivity index (χ4v) is 2.80. The fraction of sp³-hybridized carbons (Fsp3) is 0.588. The largest absolute Gasteiger partial charge is 0.508 e. The van der Waals surface area contributed by atoms with Gasteiger partial charge in [0.2, 0.25) is 0 Å². The van der Waals surface area contributed by atoms with Crippen LogP contribution in [0.3, 0.4) is 0 Å². The molecule has 1 amide bonds. The van der Waals surface area contributed by atoms with Crippen LogP contribution in [-0.4, -0.2) is 42.4 Å². The molecular formula is C17H25NO5. The number of nitrogens with one attached hydrogen (secondary N) is 1. The van der Waals surface area contributed by atoms with E-state index >= 15 is 0 Å². The molecule has 2 rings (SSSR count). The Morgan fingerprint density at radius 3 is 2.91 bits per heavy atom. The monoisotopic (exact) mass is 323 g/mol. The number of carbonyl (C=O) groups is 1. The molecule has 0 saturated carbocycles. The molecule has 1 aliphatic heterocycles. The van der Waals surface area contributed by atoms with Crippen LogP contribution in [0.15, 0.2) is 24.3 Å². The van der Waals surface area contributed by atoms with Gasteiger partial charge >= 0.3 is 6.09 Å². The van der Waals surface area contributed by atoms with Crippen LogP contribution in [0.2, 0.25) is 0 Å². The Morgan fingerprint density at radius 2 is 2.22 bits per heavy atom. The molecule has 2 atom stereocenters. The Kier molecular flexibility index (Phi) is 7.16. The summed E-state index contributed by atoms with van der Waals surface area (Å²) in [5.74, 6) is 0.115. The third-order valence-electron chi connectivity index (χ3n) is 4.01. The highest BCUT2D eigenvalue weighted by Crippen LogP contribution is 2.28. The second kappa shape index (κ2) is 9.37. The van der Waals surface area contributed by atoms with Gasteiger partial charge in [-0.25, -0.2) is 4.79 Å². The maximum Gasteiger partial charge on any atom is 0.404 e. The van der Waals surface area contributed by atoms with E-state index in [-0.39, 0.29) is 24.5 Å². The summed E-state index contributed by atoms with van der Waals surface area (Å²) in [4.78, 5) is 10.7. The number of carboxylic acid groups (broad SMARTS) is 1. The Morgan fingerprint density at radius 1 is 1.39 bits per heavy atom. The number of phenolic OH excluding ortho intramolecular Hbond substituents is 1. The van der Waals surface area contributed by atoms with Crippen molar-refractivity contribution in [3.8, 4) is 5.75 Å². The molecule has 6 heteroatoms. The number of phenols is 1. The van der Waals surface area contributed by atoms with E-state index in [1.54, 1.807) is 12.1 Å². The molecule has 1 fully saturated rings. The zero-order chi connectivity index (χ0) is 16.5. The zero-order valence-electron chi connectivity index (χ0n) is 13.2. The van der Waals surface area contributed by atoms with E-state index in [1.165, 1.54) is 0 Å². The Bertz CT molecular complexity index is 488. The first kappa shape index (κ1) is 17.6. The molecule has 2 unspecified atom stereocenters. The van der Waals surface area contributed by atoms with Crippen LogP contribution in [-0.2, 0) is 9.47 Å². The molecule has 6 nitrogen and oxygen atoms in total. The summed E-state index contributed by atoms with van der Waals surface area (Å²) >= 11 is 0. The lowest BCUT2D eigenvalue weighted by atomic mass is 9.93. The SMILES string of the molecule is O=C(O)NCC(CCCOC1CCCCO1)c1ccccc1O. The molecule has 1 aliphatic rings. The highest BCUT2D eigenvalue weighted by Gasteiger charge is 2.17. The van der Waals surface area contributed by atoms with E-state index < -0.39 is 6.09 Å². The Labute approximate surface area is 136 Å². The van der Waals surface area contributed by atoms with E-state index in [2.05, 4.69) is 5.32 Å². The number of hydrogen-bond acceptors (Lipinski definition) is 4. The van der Waals surface area contributed by atoms with Gasteiger partial charge < -0.3 is 25.0 Å². The van der Waals surface area contributed by atoms with Crippen LogP contribution >= 0.6 is 0 Å². The van der Waals surface area contributed by atoms with Gasteiger partial charge in [0.1, 0.15) is 5.75 Å². The van der Waals surface area contributed by atoms with Crippen LogP contribution in [0.5, 0.6) is 5.75 Å². The number of aromatic hydroxyl groups is 1. The molecule has 1 saturated heterocycles. The van der Waals surface area contributed by atoms with Crippen molar-refractivity contribution in [1.29, 1.82) is 0 Å². The number of benzene rings is 1. The molecule has 0 bridgehead atoms. The van der Waals surface area contributed by atoms with E-state index in [0.717, 1.165) is 44.3 Å². The van der Waals surface area contributed by atoms with Crippen molar-refractivity contribution in [3.63, 3.8) is 0 Å². The Balaban J connectivity index is 1.82. The van der Waals surface area contributed by atoms with Gasteiger partial charge in [-0.3, -0.25) is 0 Å². The van der Waals surface area contributed by atoms with E-state index in [0.29, 0.717) is 6.61 Å². The molecular weight excluding hydrogens is 298 g/mol. The molecule has 0 radical (unpaired) electrons. The van der Waals surface area contributed by atoms with Crippen molar-refractivity contribution in [2.75, 3.05) is 19.8 Å². The predicted octanol–water partition coefficient (Wildman–Crippen LogP) is 3.07. The number of rotatable bonds is 8. The van der Waals surface area contributed by atoms with Crippen molar-refractivity contribution in [3.05, 3.63) is 29.8 Å². The minimum Gasteiger partial charge on any atom is -0.508 e. The second-order valence-electron chi connectivity index (χ2n) is 5.75. The molecule has 1 aromatic rings. The minimum absolute atomic E-state index is 0.0804. The van der Waals surface area contributed by atoms with Crippen molar-refractivity contribution in [2.45, 2.75) is 44.3 Å². The first-order chi connectivity index (χ1) is 11.2. The standard InChI is InChI=1S/C17H25NO5/c19-15-8-2-1-7-14(15)13(12-18-17(20)21)6-5-11-23-16-9-3-4-10-22-16/h1-2,7-8,13,16,18-19H,3-6,9-12H2,(H,20,21). The number of hydrogen-bond donors (Lipinski definition) is 3. The van der Waals surface area contributed by atoms with Crippen molar-refractivity contribution in [2.24, 2.45) is 0 Å². The van der Waals surface area contributed by atoms with Crippen LogP contribution in [0.25, 0.3) is 0 Å². The fourth-order valence-electron chi connectivity index (χ4n) is 2.80. The van der Waals surface area contributed by atoms with Gasteiger partial charge in [-0.2, -0.15) is 0 Å². The normalized spacial score (nSPS) is 19.2. The number of amides is 1. The third-order valence-corrected chi connectivity index (χ3v) is 4.01. The van der Waals surface area contributed by atoms with E-state index in [9.17, 15) is 9.90 Å². The van der Waals surface area contributed by atoms with Gasteiger partial charge in [0.05, 0.1) is 0 Å². The molecule has 3 N–H and O–H groups in total. The van der Waals surface area contributed by atoms with Gasteiger partial charge in [0, 0.05) is 25.7 Å². The van der Waals surface area contributed by atoms with Crippen molar-refractivity contribution >= 4 is 6.09 Å². The molecule has 0 aromatic heterocycles. The van der Waals surface area contributed by atoms with E-state index in [4.69, 9.17) is 14.6 Å². The average molecular weight is 323 g/mol. The maximum absolute atomic E-state index is 10.7. The van der Waals surface area contributed by atoms with Crippen LogP contribution in [0.1, 0.15) is 43.6 Å². The van der Waals surface area contributed by atoms with Crippen LogP contribution < -0.4 is 5.32 Å². The summed E-state index contributed by atoms with van der Waals surface area (Å²) in [6, 6.07) is 7.04. The summed E-state index contributed by atoms with van der Waals surface area (Å²) in [6.45, 7) is 1.60. The molecule has 1 aromatic carbocycles. The lowest BCUT2D eigenvalue weighted by Gasteiger charge is -2.23. The Hall–Kier alpha value is -1.79. The van der Waals surface area contributed by atoms with Gasteiger partial charge in [-0.05, 0) is 43.7 Å². The zero-order valence-corrected chi connectivity index (χ0v) is 13.2. The van der Waals surface area contributed by atoms with Gasteiger partial charge in [-0.1, -0.05) is 18.2 Å². The van der Waals surface area contributed by atoms with Gasteiger partial charge in [0.25, 0.3) is 0 Å². The predicted molar refractivity (Wildman–Crippen MR) is 85.7 cm³/mol. The van der Waals surface area contributed by atoms with Gasteiger partial charge in [-0.15, -0.1) is 0 Å². The smallest absolute Gasteiger partial charge is 0.404 e. The lowest BCUT2D eigenvalue weighted by Crippen LogP contribution is -2.27. The average Bonchev–Trinajstić information content (AvgIpc) is 2.56. The topological polar surface area (TPSA) is 88.0 Å². The molecule has 1 heterocycles. The summed E-state index contributed by atoms with van der Waals surface area (Å²) in [7, 11) is 0. The summed E-state index contributed by atoms with van der Waals surface area (Å²) in [6.07, 6.45) is 3.50. The highest BCUT2D eigenvalue weighted by molar-refractivity contribution is 5.64. The highest BCUT2D eigenvalue weighted by atomic mass is 16.7. The number of ether oxygens (including phenoxy) is 2. The second-order valence-corrected chi connectivity index (χ2v) is 5.75. The lowest BCUT2D eigenvalue weighted by molar-refractivity contribution is -0.162. The molecule has 23 heavy (non-hydrogen) atoms. The third kappa shape index (κ3) is 6.08. The maximum atomic E-state index is 10.7.